The molecule has 1 aliphatic rings. The highest BCUT2D eigenvalue weighted by molar-refractivity contribution is 5.92. The van der Waals surface area contributed by atoms with Crippen LogP contribution >= 0.6 is 0 Å². The number of hydrogen-bond acceptors (Lipinski definition) is 4. The number of benzene rings is 1. The number of ether oxygens (including phenoxy) is 1. The maximum absolute atomic E-state index is 11.4. The second kappa shape index (κ2) is 5.95. The first kappa shape index (κ1) is 13.7. The molecule has 4 heteroatoms. The van der Waals surface area contributed by atoms with E-state index >= 15 is 0 Å². The van der Waals surface area contributed by atoms with E-state index in [4.69, 9.17) is 10.5 Å². The van der Waals surface area contributed by atoms with Crippen LogP contribution < -0.4 is 10.6 Å². The van der Waals surface area contributed by atoms with E-state index in [0.29, 0.717) is 11.3 Å². The largest absolute Gasteiger partial charge is 0.465 e. The molecule has 1 fully saturated rings. The molecule has 0 radical (unpaired) electrons. The molecule has 19 heavy (non-hydrogen) atoms. The predicted molar refractivity (Wildman–Crippen MR) is 77.4 cm³/mol. The Labute approximate surface area is 114 Å². The topological polar surface area (TPSA) is 55.6 Å². The summed E-state index contributed by atoms with van der Waals surface area (Å²) in [5.41, 5.74) is 8.26. The Bertz CT molecular complexity index is 459. The van der Waals surface area contributed by atoms with Crippen LogP contribution in [-0.2, 0) is 4.74 Å². The van der Waals surface area contributed by atoms with Gasteiger partial charge in [-0.1, -0.05) is 13.3 Å². The standard InChI is InChI=1S/C15H22N2O2/c1-3-4-11-7-8-17(10-11)14-6-5-12(9-13(14)16)15(18)19-2/h5-6,9,11H,3-4,7-8,10,16H2,1-2H3. The van der Waals surface area contributed by atoms with E-state index in [1.807, 2.05) is 6.07 Å². The number of nitrogens with zero attached hydrogens (tertiary/aromatic N) is 1. The van der Waals surface area contributed by atoms with Crippen molar-refractivity contribution in [2.45, 2.75) is 26.2 Å². The molecule has 104 valence electrons. The normalized spacial score (nSPS) is 18.6. The first-order chi connectivity index (χ1) is 9.15. The fourth-order valence-corrected chi connectivity index (χ4v) is 2.78. The van der Waals surface area contributed by atoms with Gasteiger partial charge in [0.25, 0.3) is 0 Å². The van der Waals surface area contributed by atoms with E-state index in [2.05, 4.69) is 11.8 Å². The van der Waals surface area contributed by atoms with Crippen LogP contribution in [0.15, 0.2) is 18.2 Å². The zero-order valence-corrected chi connectivity index (χ0v) is 11.7. The highest BCUT2D eigenvalue weighted by Crippen LogP contribution is 2.31. The van der Waals surface area contributed by atoms with Crippen molar-refractivity contribution < 1.29 is 9.53 Å². The van der Waals surface area contributed by atoms with E-state index in [9.17, 15) is 4.79 Å². The highest BCUT2D eigenvalue weighted by Gasteiger charge is 2.23. The van der Waals surface area contributed by atoms with Crippen molar-refractivity contribution in [3.05, 3.63) is 23.8 Å². The van der Waals surface area contributed by atoms with Crippen LogP contribution in [0.1, 0.15) is 36.5 Å². The smallest absolute Gasteiger partial charge is 0.337 e. The van der Waals surface area contributed by atoms with Gasteiger partial charge in [-0.05, 0) is 37.0 Å². The molecule has 0 amide bonds. The van der Waals surface area contributed by atoms with E-state index in [-0.39, 0.29) is 5.97 Å². The molecule has 1 unspecified atom stereocenters. The molecular weight excluding hydrogens is 240 g/mol. The maximum atomic E-state index is 11.4. The van der Waals surface area contributed by atoms with Crippen LogP contribution in [0, 0.1) is 5.92 Å². The Morgan fingerprint density at radius 1 is 1.53 bits per heavy atom. The Balaban J connectivity index is 2.11. The molecule has 4 nitrogen and oxygen atoms in total. The molecule has 0 aromatic heterocycles. The summed E-state index contributed by atoms with van der Waals surface area (Å²) in [4.78, 5) is 13.8. The van der Waals surface area contributed by atoms with Gasteiger partial charge < -0.3 is 15.4 Å². The lowest BCUT2D eigenvalue weighted by Gasteiger charge is -2.21. The number of anilines is 2. The second-order valence-corrected chi connectivity index (χ2v) is 5.15. The molecule has 1 heterocycles. The van der Waals surface area contributed by atoms with Gasteiger partial charge in [0.05, 0.1) is 24.0 Å². The van der Waals surface area contributed by atoms with Gasteiger partial charge in [-0.25, -0.2) is 4.79 Å². The molecule has 0 spiro atoms. The lowest BCUT2D eigenvalue weighted by molar-refractivity contribution is 0.0601. The van der Waals surface area contributed by atoms with Crippen LogP contribution in [0.5, 0.6) is 0 Å². The van der Waals surface area contributed by atoms with E-state index in [1.165, 1.54) is 26.4 Å². The molecule has 0 saturated carbocycles. The lowest BCUT2D eigenvalue weighted by Crippen LogP contribution is -2.21. The van der Waals surface area contributed by atoms with Crippen molar-refractivity contribution >= 4 is 17.3 Å². The molecule has 0 aliphatic carbocycles. The molecule has 2 N–H and O–H groups in total. The first-order valence-electron chi connectivity index (χ1n) is 6.88. The van der Waals surface area contributed by atoms with Crippen LogP contribution in [0.2, 0.25) is 0 Å². The summed E-state index contributed by atoms with van der Waals surface area (Å²) in [5.74, 6) is 0.424. The quantitative estimate of drug-likeness (QED) is 0.669. The van der Waals surface area contributed by atoms with Crippen molar-refractivity contribution in [1.29, 1.82) is 0 Å². The van der Waals surface area contributed by atoms with Crippen molar-refractivity contribution in [3.63, 3.8) is 0 Å². The number of esters is 1. The molecule has 1 atom stereocenters. The molecule has 2 rings (SSSR count). The zero-order valence-electron chi connectivity index (χ0n) is 11.7. The lowest BCUT2D eigenvalue weighted by atomic mass is 10.0. The fraction of sp³-hybridized carbons (Fsp3) is 0.533. The molecule has 1 aromatic rings. The third-order valence-electron chi connectivity index (χ3n) is 3.77. The van der Waals surface area contributed by atoms with Crippen molar-refractivity contribution in [2.75, 3.05) is 30.8 Å². The van der Waals surface area contributed by atoms with Crippen LogP contribution in [0.3, 0.4) is 0 Å². The minimum absolute atomic E-state index is 0.344. The van der Waals surface area contributed by atoms with Gasteiger partial charge in [0.1, 0.15) is 0 Å². The highest BCUT2D eigenvalue weighted by atomic mass is 16.5. The third kappa shape index (κ3) is 3.00. The summed E-state index contributed by atoms with van der Waals surface area (Å²) in [7, 11) is 1.38. The number of carbonyl (C=O) groups is 1. The van der Waals surface area contributed by atoms with Crippen LogP contribution in [-0.4, -0.2) is 26.2 Å². The van der Waals surface area contributed by atoms with Gasteiger partial charge in [-0.15, -0.1) is 0 Å². The summed E-state index contributed by atoms with van der Waals surface area (Å²) in [6.45, 7) is 4.34. The molecule has 1 aliphatic heterocycles. The number of nitrogen functional groups attached to an aromatic ring is 1. The fourth-order valence-electron chi connectivity index (χ4n) is 2.78. The predicted octanol–water partition coefficient (Wildman–Crippen LogP) is 2.68. The molecule has 1 saturated heterocycles. The number of hydrogen-bond donors (Lipinski definition) is 1. The van der Waals surface area contributed by atoms with Crippen LogP contribution in [0.25, 0.3) is 0 Å². The van der Waals surface area contributed by atoms with E-state index in [0.717, 1.165) is 24.7 Å². The first-order valence-corrected chi connectivity index (χ1v) is 6.88. The summed E-state index contributed by atoms with van der Waals surface area (Å²) < 4.78 is 4.70. The monoisotopic (exact) mass is 262 g/mol. The van der Waals surface area contributed by atoms with Crippen molar-refractivity contribution in [2.24, 2.45) is 5.92 Å². The maximum Gasteiger partial charge on any atom is 0.337 e. The average Bonchev–Trinajstić information content (AvgIpc) is 2.86. The van der Waals surface area contributed by atoms with Gasteiger partial charge in [-0.2, -0.15) is 0 Å². The Morgan fingerprint density at radius 2 is 2.32 bits per heavy atom. The van der Waals surface area contributed by atoms with E-state index in [1.54, 1.807) is 12.1 Å². The SMILES string of the molecule is CCCC1CCN(c2ccc(C(=O)OC)cc2N)C1. The number of nitrogens with two attached hydrogens (primary N) is 1. The minimum Gasteiger partial charge on any atom is -0.465 e. The van der Waals surface area contributed by atoms with Crippen molar-refractivity contribution in [3.8, 4) is 0 Å². The average molecular weight is 262 g/mol. The summed E-state index contributed by atoms with van der Waals surface area (Å²) in [6, 6.07) is 5.41. The Kier molecular flexibility index (Phi) is 4.30. The molecule has 0 bridgehead atoms. The number of methoxy groups -OCH3 is 1. The minimum atomic E-state index is -0.344. The number of carbonyl (C=O) groups excluding carboxylic acids is 1. The summed E-state index contributed by atoms with van der Waals surface area (Å²) in [6.07, 6.45) is 3.73. The van der Waals surface area contributed by atoms with Gasteiger partial charge in [0.15, 0.2) is 0 Å². The van der Waals surface area contributed by atoms with Gasteiger partial charge in [0.2, 0.25) is 0 Å². The summed E-state index contributed by atoms with van der Waals surface area (Å²) in [5, 5.41) is 0. The Hall–Kier alpha value is -1.71. The summed E-state index contributed by atoms with van der Waals surface area (Å²) >= 11 is 0. The molecule has 1 aromatic carbocycles. The van der Waals surface area contributed by atoms with Gasteiger partial charge >= 0.3 is 5.97 Å². The second-order valence-electron chi connectivity index (χ2n) is 5.15. The number of rotatable bonds is 4. The van der Waals surface area contributed by atoms with E-state index < -0.39 is 0 Å². The molecular formula is C15H22N2O2. The van der Waals surface area contributed by atoms with Crippen molar-refractivity contribution in [1.82, 2.24) is 0 Å². The van der Waals surface area contributed by atoms with Gasteiger partial charge in [0, 0.05) is 13.1 Å². The third-order valence-corrected chi connectivity index (χ3v) is 3.77. The Morgan fingerprint density at radius 3 is 2.95 bits per heavy atom. The van der Waals surface area contributed by atoms with Crippen LogP contribution in [0.4, 0.5) is 11.4 Å². The zero-order chi connectivity index (χ0) is 13.8. The van der Waals surface area contributed by atoms with Gasteiger partial charge in [-0.3, -0.25) is 0 Å².